The minimum atomic E-state index is -4.44. The molecule has 24 heavy (non-hydrogen) atoms. The number of alkyl halides is 3. The summed E-state index contributed by atoms with van der Waals surface area (Å²) in [6.07, 6.45) is -3.73. The first kappa shape index (κ1) is 17.5. The average Bonchev–Trinajstić information content (AvgIpc) is 2.56. The van der Waals surface area contributed by atoms with E-state index in [0.717, 1.165) is 12.1 Å². The Kier molecular flexibility index (Phi) is 5.59. The largest absolute Gasteiger partial charge is 0.416 e. The first-order valence-electron chi connectivity index (χ1n) is 7.23. The first-order valence-corrected chi connectivity index (χ1v) is 7.23. The summed E-state index contributed by atoms with van der Waals surface area (Å²) < 4.78 is 38.9. The van der Waals surface area contributed by atoms with Gasteiger partial charge in [-0.25, -0.2) is 0 Å². The van der Waals surface area contributed by atoms with Crippen LogP contribution < -0.4 is 0 Å². The molecule has 0 radical (unpaired) electrons. The molecule has 1 atom stereocenters. The Morgan fingerprint density at radius 3 is 2.62 bits per heavy atom. The maximum absolute atomic E-state index is 13.0. The van der Waals surface area contributed by atoms with Crippen LogP contribution in [0.1, 0.15) is 35.3 Å². The highest BCUT2D eigenvalue weighted by Crippen LogP contribution is 2.34. The van der Waals surface area contributed by atoms with Gasteiger partial charge in [0, 0.05) is 17.3 Å². The molecule has 2 rings (SSSR count). The number of nitriles is 1. The van der Waals surface area contributed by atoms with E-state index in [9.17, 15) is 13.2 Å². The van der Waals surface area contributed by atoms with Crippen LogP contribution in [-0.4, -0.2) is 6.21 Å². The van der Waals surface area contributed by atoms with Crippen molar-refractivity contribution in [2.75, 3.05) is 0 Å². The molecule has 2 aromatic carbocycles. The lowest BCUT2D eigenvalue weighted by Gasteiger charge is -2.19. The van der Waals surface area contributed by atoms with Crippen molar-refractivity contribution in [2.45, 2.75) is 25.6 Å². The maximum atomic E-state index is 13.0. The second-order valence-corrected chi connectivity index (χ2v) is 5.01. The molecule has 1 unspecified atom stereocenters. The second kappa shape index (κ2) is 7.64. The lowest BCUT2D eigenvalue weighted by Crippen LogP contribution is -2.10. The topological polar surface area (TPSA) is 45.4 Å². The van der Waals surface area contributed by atoms with Crippen molar-refractivity contribution in [1.29, 1.82) is 5.26 Å². The first-order chi connectivity index (χ1) is 11.5. The van der Waals surface area contributed by atoms with Gasteiger partial charge in [0.1, 0.15) is 0 Å². The molecule has 0 aliphatic heterocycles. The summed E-state index contributed by atoms with van der Waals surface area (Å²) in [6.45, 7) is 1.64. The minimum Gasteiger partial charge on any atom is -0.383 e. The van der Waals surface area contributed by atoms with Gasteiger partial charge in [-0.05, 0) is 24.6 Å². The van der Waals surface area contributed by atoms with Crippen molar-refractivity contribution >= 4 is 6.21 Å². The highest BCUT2D eigenvalue weighted by atomic mass is 19.4. The molecule has 0 saturated heterocycles. The molecule has 0 N–H and O–H groups in total. The van der Waals surface area contributed by atoms with Crippen molar-refractivity contribution in [3.63, 3.8) is 0 Å². The fourth-order valence-electron chi connectivity index (χ4n) is 2.33. The smallest absolute Gasteiger partial charge is 0.383 e. The predicted octanol–water partition coefficient (Wildman–Crippen LogP) is 4.88. The van der Waals surface area contributed by atoms with Crippen molar-refractivity contribution in [3.8, 4) is 6.07 Å². The number of rotatable bonds is 5. The molecule has 0 spiro atoms. The van der Waals surface area contributed by atoms with E-state index in [4.69, 9.17) is 10.1 Å². The number of hydrogen-bond acceptors (Lipinski definition) is 3. The van der Waals surface area contributed by atoms with E-state index < -0.39 is 17.8 Å². The molecule has 0 fully saturated rings. The quantitative estimate of drug-likeness (QED) is 0.578. The Bertz CT molecular complexity index is 763. The molecule has 124 valence electrons. The van der Waals surface area contributed by atoms with Crippen LogP contribution in [0.25, 0.3) is 0 Å². The summed E-state index contributed by atoms with van der Waals surface area (Å²) in [5.74, 6) is 0. The monoisotopic (exact) mass is 332 g/mol. The molecule has 0 bridgehead atoms. The van der Waals surface area contributed by atoms with Crippen molar-refractivity contribution < 1.29 is 18.0 Å². The van der Waals surface area contributed by atoms with Crippen LogP contribution in [0.3, 0.4) is 0 Å². The van der Waals surface area contributed by atoms with Crippen LogP contribution in [0.15, 0.2) is 53.7 Å². The number of hydrogen-bond donors (Lipinski definition) is 0. The summed E-state index contributed by atoms with van der Waals surface area (Å²) in [5.41, 5.74) is 0.866. The molecule has 0 amide bonds. The standard InChI is InChI=1S/C18H15F3N2O/c1-2-23-24-17(16-9-4-3-6-13(16)10-11-22)14-7-5-8-15(12-14)18(19,20)21/h2-9,12,17H,10H2,1H3. The minimum absolute atomic E-state index is 0.130. The van der Waals surface area contributed by atoms with E-state index >= 15 is 0 Å². The fraction of sp³-hybridized carbons (Fsp3) is 0.222. The summed E-state index contributed by atoms with van der Waals surface area (Å²) in [5, 5.41) is 12.7. The number of nitrogens with zero attached hydrogens (tertiary/aromatic N) is 2. The van der Waals surface area contributed by atoms with Crippen LogP contribution in [0.5, 0.6) is 0 Å². The highest BCUT2D eigenvalue weighted by molar-refractivity contribution is 5.52. The number of halogens is 3. The molecule has 0 aromatic heterocycles. The lowest BCUT2D eigenvalue weighted by atomic mass is 9.94. The normalized spacial score (nSPS) is 12.8. The zero-order chi connectivity index (χ0) is 17.6. The molecule has 2 aromatic rings. The van der Waals surface area contributed by atoms with Gasteiger partial charge in [-0.3, -0.25) is 0 Å². The Morgan fingerprint density at radius 2 is 1.96 bits per heavy atom. The third-order valence-electron chi connectivity index (χ3n) is 3.40. The van der Waals surface area contributed by atoms with Gasteiger partial charge in [0.05, 0.1) is 18.1 Å². The molecular formula is C18H15F3N2O. The van der Waals surface area contributed by atoms with Gasteiger partial charge < -0.3 is 4.84 Å². The Morgan fingerprint density at radius 1 is 1.21 bits per heavy atom. The van der Waals surface area contributed by atoms with Gasteiger partial charge in [0.15, 0.2) is 6.10 Å². The van der Waals surface area contributed by atoms with Crippen molar-refractivity contribution in [1.82, 2.24) is 0 Å². The zero-order valence-corrected chi connectivity index (χ0v) is 12.9. The van der Waals surface area contributed by atoms with E-state index in [0.29, 0.717) is 16.7 Å². The maximum Gasteiger partial charge on any atom is 0.416 e. The third kappa shape index (κ3) is 4.13. The SMILES string of the molecule is CC=NOC(c1cccc(C(F)(F)F)c1)c1ccccc1CC#N. The van der Waals surface area contributed by atoms with E-state index in [-0.39, 0.29) is 6.42 Å². The molecule has 0 aliphatic rings. The summed E-state index contributed by atoms with van der Waals surface area (Å²) in [7, 11) is 0. The van der Waals surface area contributed by atoms with E-state index in [1.807, 2.05) is 6.07 Å². The highest BCUT2D eigenvalue weighted by Gasteiger charge is 2.31. The van der Waals surface area contributed by atoms with Crippen LogP contribution >= 0.6 is 0 Å². The number of oxime groups is 1. The van der Waals surface area contributed by atoms with Crippen molar-refractivity contribution in [3.05, 3.63) is 70.8 Å². The zero-order valence-electron chi connectivity index (χ0n) is 12.9. The van der Waals surface area contributed by atoms with Gasteiger partial charge in [-0.1, -0.05) is 41.6 Å². The van der Waals surface area contributed by atoms with Gasteiger partial charge in [-0.15, -0.1) is 0 Å². The molecule has 0 aliphatic carbocycles. The van der Waals surface area contributed by atoms with Gasteiger partial charge in [0.2, 0.25) is 0 Å². The summed E-state index contributed by atoms with van der Waals surface area (Å²) in [6, 6.07) is 14.0. The van der Waals surface area contributed by atoms with E-state index in [2.05, 4.69) is 5.16 Å². The predicted molar refractivity (Wildman–Crippen MR) is 84.3 cm³/mol. The van der Waals surface area contributed by atoms with Gasteiger partial charge >= 0.3 is 6.18 Å². The summed E-state index contributed by atoms with van der Waals surface area (Å²) in [4.78, 5) is 5.41. The Balaban J connectivity index is 2.53. The van der Waals surface area contributed by atoms with E-state index in [1.165, 1.54) is 12.3 Å². The molecular weight excluding hydrogens is 317 g/mol. The molecule has 6 heteroatoms. The molecule has 0 heterocycles. The van der Waals surface area contributed by atoms with Crippen LogP contribution in [0, 0.1) is 11.3 Å². The van der Waals surface area contributed by atoms with Crippen LogP contribution in [-0.2, 0) is 17.4 Å². The van der Waals surface area contributed by atoms with Crippen LogP contribution in [0.4, 0.5) is 13.2 Å². The Hall–Kier alpha value is -2.81. The Labute approximate surface area is 138 Å². The second-order valence-electron chi connectivity index (χ2n) is 5.01. The average molecular weight is 332 g/mol. The van der Waals surface area contributed by atoms with E-state index in [1.54, 1.807) is 37.3 Å². The van der Waals surface area contributed by atoms with Gasteiger partial charge in [0.25, 0.3) is 0 Å². The van der Waals surface area contributed by atoms with Gasteiger partial charge in [-0.2, -0.15) is 18.4 Å². The molecule has 0 saturated carbocycles. The van der Waals surface area contributed by atoms with Crippen molar-refractivity contribution in [2.24, 2.45) is 5.16 Å². The number of benzene rings is 2. The lowest BCUT2D eigenvalue weighted by molar-refractivity contribution is -0.137. The fourth-order valence-corrected chi connectivity index (χ4v) is 2.33. The van der Waals surface area contributed by atoms with Crippen LogP contribution in [0.2, 0.25) is 0 Å². The molecule has 3 nitrogen and oxygen atoms in total. The third-order valence-corrected chi connectivity index (χ3v) is 3.40. The summed E-state index contributed by atoms with van der Waals surface area (Å²) >= 11 is 0.